The standard InChI is InChI=1S/C49H55N7O6/c1-9-13-31-24-34(39-27-50-45(52-39)41-16-12-22-56(41)47(58)44(29(5)6)54-49(60)62-8)25-32(14-10-2)42(31)33-17-19-35-30(23-33)18-20-37-36(35)26-38(51-37)40-15-11-21-55(40)46(57)43(28(3)4)53-48(59)61-7/h17-20,23-25,27-29,40-41,43-44H,11-12,15-16,21-22,26H2,1-8H3,(H,50,52)(H,53,59)(H,54,60)/t40-,41-,43-,44-/m0/s1. The maximum Gasteiger partial charge on any atom is 0.407 e. The van der Waals surface area contributed by atoms with Gasteiger partial charge in [0.2, 0.25) is 11.8 Å². The van der Waals surface area contributed by atoms with Gasteiger partial charge in [-0.05, 0) is 97.5 Å². The number of fused-ring (bicyclic) bond motifs is 3. The van der Waals surface area contributed by atoms with Gasteiger partial charge in [-0.15, -0.1) is 11.8 Å². The Kier molecular flexibility index (Phi) is 13.0. The number of ether oxygens (including phenoxy) is 2. The number of nitrogens with one attached hydrogen (secondary N) is 3. The Balaban J connectivity index is 1.16. The minimum atomic E-state index is -0.723. The third kappa shape index (κ3) is 8.62. The predicted molar refractivity (Wildman–Crippen MR) is 240 cm³/mol. The van der Waals surface area contributed by atoms with Crippen molar-refractivity contribution in [1.82, 2.24) is 30.4 Å². The van der Waals surface area contributed by atoms with E-state index in [9.17, 15) is 19.2 Å². The number of aromatic nitrogens is 2. The highest BCUT2D eigenvalue weighted by atomic mass is 16.5. The number of aromatic amines is 1. The first-order valence-electron chi connectivity index (χ1n) is 21.4. The molecule has 3 aliphatic heterocycles. The summed E-state index contributed by atoms with van der Waals surface area (Å²) in [6.07, 6.45) is 4.40. The van der Waals surface area contributed by atoms with Gasteiger partial charge in [0.05, 0.1) is 43.9 Å². The lowest BCUT2D eigenvalue weighted by Crippen LogP contribution is -2.53. The molecule has 4 aromatic rings. The third-order valence-corrected chi connectivity index (χ3v) is 12.1. The van der Waals surface area contributed by atoms with Crippen LogP contribution >= 0.6 is 0 Å². The largest absolute Gasteiger partial charge is 0.453 e. The van der Waals surface area contributed by atoms with Crippen LogP contribution in [0.1, 0.15) is 95.8 Å². The highest BCUT2D eigenvalue weighted by molar-refractivity contribution is 6.06. The second kappa shape index (κ2) is 18.6. The van der Waals surface area contributed by atoms with E-state index < -0.39 is 24.3 Å². The van der Waals surface area contributed by atoms with Crippen molar-refractivity contribution in [2.45, 2.75) is 97.8 Å². The number of carbonyl (C=O) groups is 4. The summed E-state index contributed by atoms with van der Waals surface area (Å²) in [5.41, 5.74) is 8.22. The molecule has 0 radical (unpaired) electrons. The summed E-state index contributed by atoms with van der Waals surface area (Å²) in [5, 5.41) is 7.61. The van der Waals surface area contributed by atoms with Crippen molar-refractivity contribution < 1.29 is 28.7 Å². The number of hydrogen-bond donors (Lipinski definition) is 3. The van der Waals surface area contributed by atoms with E-state index in [-0.39, 0.29) is 35.7 Å². The molecule has 0 spiro atoms. The number of carbonyl (C=O) groups excluding carboxylic acids is 4. The van der Waals surface area contributed by atoms with E-state index >= 15 is 0 Å². The fourth-order valence-corrected chi connectivity index (χ4v) is 9.07. The number of imidazole rings is 1. The van der Waals surface area contributed by atoms with E-state index in [0.29, 0.717) is 25.3 Å². The first kappa shape index (κ1) is 43.5. The fraction of sp³-hybridized carbons (Fsp3) is 0.429. The second-order valence-electron chi connectivity index (χ2n) is 16.8. The minimum absolute atomic E-state index is 0.111. The Hall–Kier alpha value is -6.60. The number of H-pyrrole nitrogens is 1. The Labute approximate surface area is 363 Å². The summed E-state index contributed by atoms with van der Waals surface area (Å²) < 4.78 is 9.61. The molecule has 0 saturated carbocycles. The molecule has 62 heavy (non-hydrogen) atoms. The van der Waals surface area contributed by atoms with Gasteiger partial charge in [0.25, 0.3) is 0 Å². The van der Waals surface area contributed by atoms with E-state index in [1.165, 1.54) is 14.2 Å². The molecular formula is C49H55N7O6. The molecule has 3 aliphatic rings. The van der Waals surface area contributed by atoms with Crippen molar-refractivity contribution in [1.29, 1.82) is 0 Å². The summed E-state index contributed by atoms with van der Waals surface area (Å²) in [7, 11) is 2.59. The number of rotatable bonds is 10. The number of alkyl carbamates (subject to hydrolysis) is 2. The molecule has 2 saturated heterocycles. The van der Waals surface area contributed by atoms with Crippen LogP contribution in [0.4, 0.5) is 15.3 Å². The molecule has 3 N–H and O–H groups in total. The molecule has 4 amide bonds. The summed E-state index contributed by atoms with van der Waals surface area (Å²) >= 11 is 0. The lowest BCUT2D eigenvalue weighted by atomic mass is 9.89. The number of likely N-dealkylation sites (tertiary alicyclic amines) is 2. The lowest BCUT2D eigenvalue weighted by Gasteiger charge is -2.30. The average Bonchev–Trinajstić information content (AvgIpc) is 4.10. The minimum Gasteiger partial charge on any atom is -0.453 e. The Bertz CT molecular complexity index is 2530. The van der Waals surface area contributed by atoms with Crippen molar-refractivity contribution in [2.24, 2.45) is 16.8 Å². The molecule has 0 bridgehead atoms. The van der Waals surface area contributed by atoms with Gasteiger partial charge in [0.1, 0.15) is 17.9 Å². The highest BCUT2D eigenvalue weighted by Crippen LogP contribution is 2.40. The molecule has 322 valence electrons. The number of methoxy groups -OCH3 is 2. The molecule has 4 atom stereocenters. The number of benzene rings is 3. The Morgan fingerprint density at radius 2 is 1.35 bits per heavy atom. The summed E-state index contributed by atoms with van der Waals surface area (Å²) in [5.74, 6) is 13.1. The van der Waals surface area contributed by atoms with Crippen LogP contribution in [0.15, 0.2) is 53.7 Å². The third-order valence-electron chi connectivity index (χ3n) is 12.1. The van der Waals surface area contributed by atoms with Crippen LogP contribution in [0.3, 0.4) is 0 Å². The van der Waals surface area contributed by atoms with Crippen molar-refractivity contribution >= 4 is 46.2 Å². The zero-order chi connectivity index (χ0) is 44.2. The zero-order valence-corrected chi connectivity index (χ0v) is 36.8. The van der Waals surface area contributed by atoms with Gasteiger partial charge in [-0.1, -0.05) is 57.7 Å². The van der Waals surface area contributed by atoms with Crippen molar-refractivity contribution in [2.75, 3.05) is 27.3 Å². The molecule has 2 fully saturated rings. The van der Waals surface area contributed by atoms with Gasteiger partial charge < -0.3 is 34.9 Å². The topological polar surface area (TPSA) is 158 Å². The van der Waals surface area contributed by atoms with E-state index in [1.54, 1.807) is 11.1 Å². The quantitative estimate of drug-likeness (QED) is 0.138. The normalized spacial score (nSPS) is 17.7. The summed E-state index contributed by atoms with van der Waals surface area (Å²) in [6.45, 7) is 12.4. The Morgan fingerprint density at radius 3 is 1.92 bits per heavy atom. The maximum atomic E-state index is 13.8. The van der Waals surface area contributed by atoms with Crippen LogP contribution in [0.25, 0.3) is 33.2 Å². The average molecular weight is 838 g/mol. The van der Waals surface area contributed by atoms with E-state index in [0.717, 1.165) is 86.9 Å². The first-order valence-corrected chi connectivity index (χ1v) is 21.4. The van der Waals surface area contributed by atoms with Crippen LogP contribution in [0.5, 0.6) is 0 Å². The van der Waals surface area contributed by atoms with Gasteiger partial charge in [-0.25, -0.2) is 14.6 Å². The monoisotopic (exact) mass is 837 g/mol. The van der Waals surface area contributed by atoms with Crippen LogP contribution in [-0.2, 0) is 25.5 Å². The smallest absolute Gasteiger partial charge is 0.407 e. The fourth-order valence-electron chi connectivity index (χ4n) is 9.07. The van der Waals surface area contributed by atoms with Gasteiger partial charge in [0.15, 0.2) is 0 Å². The number of nitrogens with zero attached hydrogens (tertiary/aromatic N) is 4. The van der Waals surface area contributed by atoms with E-state index in [2.05, 4.69) is 81.8 Å². The van der Waals surface area contributed by atoms with Crippen LogP contribution in [0.2, 0.25) is 0 Å². The number of aliphatic imine (C=N–C) groups is 1. The molecule has 0 aliphatic carbocycles. The number of hydrogen-bond acceptors (Lipinski definition) is 8. The zero-order valence-electron chi connectivity index (χ0n) is 36.8. The van der Waals surface area contributed by atoms with E-state index in [4.69, 9.17) is 19.5 Å². The molecule has 1 aromatic heterocycles. The maximum absolute atomic E-state index is 13.8. The number of amides is 4. The summed E-state index contributed by atoms with van der Waals surface area (Å²) in [4.78, 5) is 68.8. The van der Waals surface area contributed by atoms with Gasteiger partial charge >= 0.3 is 12.2 Å². The van der Waals surface area contributed by atoms with E-state index in [1.807, 2.05) is 46.4 Å². The second-order valence-corrected chi connectivity index (χ2v) is 16.8. The molecule has 0 unspecified atom stereocenters. The van der Waals surface area contributed by atoms with Gasteiger partial charge in [-0.2, -0.15) is 0 Å². The van der Waals surface area contributed by atoms with Crippen LogP contribution in [-0.4, -0.2) is 94.9 Å². The van der Waals surface area contributed by atoms with Crippen molar-refractivity contribution in [3.05, 3.63) is 71.2 Å². The van der Waals surface area contributed by atoms with Gasteiger partial charge in [-0.3, -0.25) is 14.6 Å². The highest BCUT2D eigenvalue weighted by Gasteiger charge is 2.40. The van der Waals surface area contributed by atoms with Crippen molar-refractivity contribution in [3.63, 3.8) is 0 Å². The van der Waals surface area contributed by atoms with Crippen molar-refractivity contribution in [3.8, 4) is 46.1 Å². The Morgan fingerprint density at radius 1 is 0.774 bits per heavy atom. The molecular weight excluding hydrogens is 783 g/mol. The summed E-state index contributed by atoms with van der Waals surface area (Å²) in [6, 6.07) is 12.9. The molecule has 3 aromatic carbocycles. The molecule has 7 rings (SSSR count). The lowest BCUT2D eigenvalue weighted by molar-refractivity contribution is -0.135. The van der Waals surface area contributed by atoms with Gasteiger partial charge in [0, 0.05) is 47.5 Å². The van der Waals surface area contributed by atoms with Crippen LogP contribution in [0, 0.1) is 35.5 Å². The molecule has 4 heterocycles. The predicted octanol–water partition coefficient (Wildman–Crippen LogP) is 7.68. The molecule has 13 heteroatoms. The SMILES string of the molecule is CC#Cc1cc(-c2cnc([C@@H]3CCCN3C(=O)[C@@H](NC(=O)OC)C(C)C)[nH]2)cc(C#CC)c1-c1ccc2c3c(ccc2c1)N=C([C@@H]1CCCN1C(=O)[C@@H](NC(=O)OC)C(C)C)C3. The molecule has 13 nitrogen and oxygen atoms in total. The first-order chi connectivity index (χ1) is 29.9. The van der Waals surface area contributed by atoms with Crippen LogP contribution < -0.4 is 10.6 Å².